The summed E-state index contributed by atoms with van der Waals surface area (Å²) in [5.41, 5.74) is 14.2. The monoisotopic (exact) mass is 902 g/mol. The SMILES string of the molecule is Cc1cc(N(c2ccccc2)c2ccc(-c3ccccc3)cc2)ccc1-c1ccc(N(c2nc(-c3ccccc3)nc(-c3ccccc3)n2)c2nc(-c3ccccc3)nc(-c3ccccc3)n2)cc1C. The van der Waals surface area contributed by atoms with Crippen molar-refractivity contribution in [1.29, 1.82) is 0 Å². The summed E-state index contributed by atoms with van der Waals surface area (Å²) in [4.78, 5) is 35.1. The molecule has 0 unspecified atom stereocenters. The van der Waals surface area contributed by atoms with Crippen molar-refractivity contribution in [2.45, 2.75) is 13.8 Å². The highest BCUT2D eigenvalue weighted by Gasteiger charge is 2.25. The van der Waals surface area contributed by atoms with Crippen LogP contribution in [-0.2, 0) is 0 Å². The van der Waals surface area contributed by atoms with Crippen LogP contribution in [0.4, 0.5) is 34.6 Å². The van der Waals surface area contributed by atoms with Crippen LogP contribution in [0.25, 0.3) is 67.8 Å². The van der Waals surface area contributed by atoms with Gasteiger partial charge in [-0.05, 0) is 95.8 Å². The quantitative estimate of drug-likeness (QED) is 0.120. The van der Waals surface area contributed by atoms with Gasteiger partial charge >= 0.3 is 0 Å². The van der Waals surface area contributed by atoms with Gasteiger partial charge < -0.3 is 4.90 Å². The Balaban J connectivity index is 1.04. The first kappa shape index (κ1) is 43.2. The first-order valence-electron chi connectivity index (χ1n) is 23.3. The molecule has 0 fully saturated rings. The molecule has 2 heterocycles. The summed E-state index contributed by atoms with van der Waals surface area (Å²) < 4.78 is 0. The Bertz CT molecular complexity index is 3300. The average molecular weight is 903 g/mol. The second kappa shape index (κ2) is 19.4. The van der Waals surface area contributed by atoms with Crippen molar-refractivity contribution in [3.05, 3.63) is 254 Å². The molecule has 8 nitrogen and oxygen atoms in total. The molecule has 0 aliphatic heterocycles. The molecule has 8 heteroatoms. The van der Waals surface area contributed by atoms with E-state index in [4.69, 9.17) is 29.9 Å². The van der Waals surface area contributed by atoms with E-state index in [1.165, 1.54) is 11.1 Å². The lowest BCUT2D eigenvalue weighted by Crippen LogP contribution is -2.19. The van der Waals surface area contributed by atoms with Gasteiger partial charge in [0, 0.05) is 39.3 Å². The fraction of sp³-hybridized carbons (Fsp3) is 0.0323. The normalized spacial score (nSPS) is 11.0. The number of rotatable bonds is 12. The lowest BCUT2D eigenvalue weighted by Gasteiger charge is -2.27. The second-order valence-corrected chi connectivity index (χ2v) is 16.9. The van der Waals surface area contributed by atoms with E-state index >= 15 is 0 Å². The number of benzene rings is 9. The maximum Gasteiger partial charge on any atom is 0.241 e. The van der Waals surface area contributed by atoms with Gasteiger partial charge in [0.2, 0.25) is 11.9 Å². The number of hydrogen-bond acceptors (Lipinski definition) is 8. The highest BCUT2D eigenvalue weighted by atomic mass is 15.4. The summed E-state index contributed by atoms with van der Waals surface area (Å²) in [6.07, 6.45) is 0. The molecule has 0 N–H and O–H groups in total. The van der Waals surface area contributed by atoms with Crippen molar-refractivity contribution in [3.8, 4) is 67.8 Å². The van der Waals surface area contributed by atoms with Gasteiger partial charge in [-0.15, -0.1) is 0 Å². The molecule has 2 aromatic heterocycles. The number of anilines is 6. The number of para-hydroxylation sites is 1. The van der Waals surface area contributed by atoms with Crippen LogP contribution in [-0.4, -0.2) is 29.9 Å². The largest absolute Gasteiger partial charge is 0.310 e. The second-order valence-electron chi connectivity index (χ2n) is 16.9. The van der Waals surface area contributed by atoms with Crippen molar-refractivity contribution in [2.24, 2.45) is 0 Å². The van der Waals surface area contributed by atoms with E-state index in [2.05, 4.69) is 134 Å². The molecule has 0 amide bonds. The Morgan fingerprint density at radius 3 is 0.886 bits per heavy atom. The lowest BCUT2D eigenvalue weighted by molar-refractivity contribution is 0.963. The molecule has 70 heavy (non-hydrogen) atoms. The Labute approximate surface area is 408 Å². The number of nitrogens with zero attached hydrogens (tertiary/aromatic N) is 8. The van der Waals surface area contributed by atoms with E-state index in [1.807, 2.05) is 132 Å². The average Bonchev–Trinajstić information content (AvgIpc) is 3.43. The van der Waals surface area contributed by atoms with E-state index in [1.54, 1.807) is 0 Å². The summed E-state index contributed by atoms with van der Waals surface area (Å²) in [6, 6.07) is 82.9. The number of aryl methyl sites for hydroxylation is 2. The summed E-state index contributed by atoms with van der Waals surface area (Å²) in [7, 11) is 0. The van der Waals surface area contributed by atoms with Crippen molar-refractivity contribution in [3.63, 3.8) is 0 Å². The summed E-state index contributed by atoms with van der Waals surface area (Å²) in [6.45, 7) is 4.33. The highest BCUT2D eigenvalue weighted by molar-refractivity contribution is 5.83. The number of hydrogen-bond donors (Lipinski definition) is 0. The maximum absolute atomic E-state index is 5.21. The van der Waals surface area contributed by atoms with Crippen molar-refractivity contribution in [2.75, 3.05) is 9.80 Å². The van der Waals surface area contributed by atoms with E-state index in [9.17, 15) is 0 Å². The summed E-state index contributed by atoms with van der Waals surface area (Å²) in [5, 5.41) is 0. The molecule has 0 aliphatic rings. The van der Waals surface area contributed by atoms with E-state index in [0.717, 1.165) is 67.3 Å². The molecule has 0 aliphatic carbocycles. The Morgan fingerprint density at radius 1 is 0.243 bits per heavy atom. The zero-order chi connectivity index (χ0) is 47.2. The Morgan fingerprint density at radius 2 is 0.529 bits per heavy atom. The predicted molar refractivity (Wildman–Crippen MR) is 285 cm³/mol. The van der Waals surface area contributed by atoms with Crippen LogP contribution < -0.4 is 9.80 Å². The molecule has 0 radical (unpaired) electrons. The van der Waals surface area contributed by atoms with Gasteiger partial charge in [0.25, 0.3) is 0 Å². The van der Waals surface area contributed by atoms with Crippen LogP contribution in [0.15, 0.2) is 243 Å². The third-order valence-electron chi connectivity index (χ3n) is 12.2. The molecule has 11 aromatic rings. The Kier molecular flexibility index (Phi) is 12.0. The molecule has 9 aromatic carbocycles. The molecular weight excluding hydrogens is 857 g/mol. The van der Waals surface area contributed by atoms with E-state index < -0.39 is 0 Å². The third kappa shape index (κ3) is 9.05. The van der Waals surface area contributed by atoms with Crippen molar-refractivity contribution >= 4 is 34.6 Å². The predicted octanol–water partition coefficient (Wildman–Crippen LogP) is 15.6. The fourth-order valence-corrected chi connectivity index (χ4v) is 8.75. The minimum Gasteiger partial charge on any atom is -0.310 e. The molecule has 0 atom stereocenters. The van der Waals surface area contributed by atoms with Gasteiger partial charge in [-0.1, -0.05) is 194 Å². The zero-order valence-corrected chi connectivity index (χ0v) is 38.7. The highest BCUT2D eigenvalue weighted by Crippen LogP contribution is 2.41. The topological polar surface area (TPSA) is 83.8 Å². The molecular formula is C62H46N8. The summed E-state index contributed by atoms with van der Waals surface area (Å²) in [5.74, 6) is 2.82. The lowest BCUT2D eigenvalue weighted by atomic mass is 9.95. The van der Waals surface area contributed by atoms with Gasteiger partial charge in [-0.25, -0.2) is 14.9 Å². The van der Waals surface area contributed by atoms with Gasteiger partial charge in [-0.2, -0.15) is 19.9 Å². The third-order valence-corrected chi connectivity index (χ3v) is 12.2. The van der Waals surface area contributed by atoms with Crippen LogP contribution in [0.2, 0.25) is 0 Å². The summed E-state index contributed by atoms with van der Waals surface area (Å²) >= 11 is 0. The maximum atomic E-state index is 5.21. The van der Waals surface area contributed by atoms with Crippen LogP contribution in [0, 0.1) is 13.8 Å². The zero-order valence-electron chi connectivity index (χ0n) is 38.7. The van der Waals surface area contributed by atoms with Crippen LogP contribution in [0.5, 0.6) is 0 Å². The molecule has 0 spiro atoms. The van der Waals surface area contributed by atoms with Gasteiger partial charge in [0.15, 0.2) is 23.3 Å². The van der Waals surface area contributed by atoms with Crippen LogP contribution in [0.3, 0.4) is 0 Å². The van der Waals surface area contributed by atoms with Gasteiger partial charge in [-0.3, -0.25) is 0 Å². The number of aromatic nitrogens is 6. The minimum absolute atomic E-state index is 0.363. The molecule has 0 saturated carbocycles. The first-order chi connectivity index (χ1) is 34.5. The van der Waals surface area contributed by atoms with E-state index in [0.29, 0.717) is 35.2 Å². The van der Waals surface area contributed by atoms with Gasteiger partial charge in [0.05, 0.1) is 5.69 Å². The Hall–Kier alpha value is -9.40. The van der Waals surface area contributed by atoms with Gasteiger partial charge in [0.1, 0.15) is 0 Å². The molecule has 11 rings (SSSR count). The van der Waals surface area contributed by atoms with E-state index in [-0.39, 0.29) is 0 Å². The minimum atomic E-state index is 0.363. The van der Waals surface area contributed by atoms with Crippen LogP contribution in [0.1, 0.15) is 11.1 Å². The molecule has 0 bridgehead atoms. The fourth-order valence-electron chi connectivity index (χ4n) is 8.75. The first-order valence-corrected chi connectivity index (χ1v) is 23.3. The van der Waals surface area contributed by atoms with Crippen molar-refractivity contribution in [1.82, 2.24) is 29.9 Å². The standard InChI is InChI=1S/C62H46N8/c1-43-41-53(69(51-31-19-8-20-32-51)52-35-33-46(34-36-52)45-21-9-3-10-22-45)37-39-55(43)56-40-38-54(42-44(56)2)70(61-65-57(47-23-11-4-12-24-47)63-58(66-61)48-25-13-5-14-26-48)62-67-59(49-27-15-6-16-28-49)64-60(68-62)50-29-17-7-18-30-50/h3-42H,1-2H3. The molecule has 334 valence electrons. The van der Waals surface area contributed by atoms with Crippen molar-refractivity contribution < 1.29 is 0 Å². The smallest absolute Gasteiger partial charge is 0.241 e. The van der Waals surface area contributed by atoms with Crippen LogP contribution >= 0.6 is 0 Å². The molecule has 0 saturated heterocycles.